The maximum absolute atomic E-state index is 12.8. The number of halogens is 2. The van der Waals surface area contributed by atoms with Crippen molar-refractivity contribution in [1.29, 1.82) is 0 Å². The second-order valence-corrected chi connectivity index (χ2v) is 4.83. The monoisotopic (exact) mass is 323 g/mol. The van der Waals surface area contributed by atoms with Gasteiger partial charge in [-0.25, -0.2) is 4.39 Å². The van der Waals surface area contributed by atoms with Crippen LogP contribution in [0, 0.1) is 5.82 Å². The van der Waals surface area contributed by atoms with Crippen molar-refractivity contribution in [2.45, 2.75) is 6.54 Å². The molecule has 0 unspecified atom stereocenters. The third kappa shape index (κ3) is 2.60. The summed E-state index contributed by atoms with van der Waals surface area (Å²) in [7, 11) is 0. The Morgan fingerprint density at radius 1 is 1.00 bits per heavy atom. The summed E-state index contributed by atoms with van der Waals surface area (Å²) in [6, 6.07) is 15.0. The smallest absolute Gasteiger partial charge is 0.226 e. The van der Waals surface area contributed by atoms with Gasteiger partial charge in [-0.2, -0.15) is 4.57 Å². The number of nitrogens with zero attached hydrogens (tertiary/aromatic N) is 1. The minimum atomic E-state index is -0.186. The maximum atomic E-state index is 12.8. The average molecular weight is 324 g/mol. The van der Waals surface area contributed by atoms with Crippen molar-refractivity contribution in [3.63, 3.8) is 0 Å². The molecule has 1 aromatic heterocycles. The van der Waals surface area contributed by atoms with Gasteiger partial charge in [0.15, 0.2) is 6.54 Å². The van der Waals surface area contributed by atoms with Gasteiger partial charge in [-0.15, -0.1) is 0 Å². The summed E-state index contributed by atoms with van der Waals surface area (Å²) in [5.41, 5.74) is 4.44. The number of aromatic nitrogens is 1. The minimum absolute atomic E-state index is 0. The highest BCUT2D eigenvalue weighted by Crippen LogP contribution is 2.15. The fourth-order valence-corrected chi connectivity index (χ4v) is 2.77. The second-order valence-electron chi connectivity index (χ2n) is 3.95. The van der Waals surface area contributed by atoms with Crippen LogP contribution >= 0.6 is 11.3 Å². The van der Waals surface area contributed by atoms with Gasteiger partial charge in [0.05, 0.1) is 0 Å². The third-order valence-corrected chi connectivity index (χ3v) is 3.71. The van der Waals surface area contributed by atoms with Crippen molar-refractivity contribution in [3.05, 3.63) is 65.4 Å². The van der Waals surface area contributed by atoms with Gasteiger partial charge >= 0.3 is 0 Å². The lowest BCUT2D eigenvalue weighted by Crippen LogP contribution is -3.00. The van der Waals surface area contributed by atoms with Gasteiger partial charge in [0.2, 0.25) is 11.0 Å². The molecule has 0 radical (unpaired) electrons. The lowest BCUT2D eigenvalue weighted by Gasteiger charge is -1.96. The van der Waals surface area contributed by atoms with Crippen molar-refractivity contribution in [2.24, 2.45) is 0 Å². The van der Waals surface area contributed by atoms with E-state index in [-0.39, 0.29) is 22.8 Å². The first-order valence-electron chi connectivity index (χ1n) is 5.43. The zero-order chi connectivity index (χ0) is 11.7. The quantitative estimate of drug-likeness (QED) is 0.600. The molecule has 0 N–H and O–H groups in total. The number of rotatable bonds is 2. The van der Waals surface area contributed by atoms with E-state index in [1.54, 1.807) is 11.3 Å². The first-order chi connectivity index (χ1) is 8.33. The molecule has 1 heterocycles. The molecule has 0 atom stereocenters. The number of hydrogen-bond acceptors (Lipinski definition) is 1. The highest BCUT2D eigenvalue weighted by atomic mass is 79.9. The van der Waals surface area contributed by atoms with Gasteiger partial charge < -0.3 is 17.0 Å². The topological polar surface area (TPSA) is 3.88 Å². The predicted octanol–water partition coefficient (Wildman–Crippen LogP) is 0.380. The molecule has 2 aromatic carbocycles. The minimum Gasteiger partial charge on any atom is -1.00 e. The highest BCUT2D eigenvalue weighted by molar-refractivity contribution is 7.16. The van der Waals surface area contributed by atoms with Gasteiger partial charge in [-0.1, -0.05) is 23.5 Å². The molecular formula is C14H11BrFNS. The van der Waals surface area contributed by atoms with E-state index in [0.717, 1.165) is 12.1 Å². The third-order valence-electron chi connectivity index (χ3n) is 2.75. The van der Waals surface area contributed by atoms with Crippen LogP contribution < -0.4 is 21.5 Å². The van der Waals surface area contributed by atoms with Crippen LogP contribution in [-0.2, 0) is 6.54 Å². The number of para-hydroxylation sites is 1. The van der Waals surface area contributed by atoms with E-state index in [1.165, 1.54) is 22.3 Å². The molecular weight excluding hydrogens is 313 g/mol. The Labute approximate surface area is 119 Å². The number of fused-ring (bicyclic) bond motifs is 1. The Hall–Kier alpha value is -1.26. The Morgan fingerprint density at radius 3 is 2.50 bits per heavy atom. The lowest BCUT2D eigenvalue weighted by atomic mass is 10.2. The van der Waals surface area contributed by atoms with E-state index >= 15 is 0 Å². The van der Waals surface area contributed by atoms with Crippen LogP contribution in [0.1, 0.15) is 5.56 Å². The zero-order valence-corrected chi connectivity index (χ0v) is 11.9. The molecule has 0 amide bonds. The van der Waals surface area contributed by atoms with E-state index in [0.29, 0.717) is 0 Å². The van der Waals surface area contributed by atoms with Gasteiger partial charge in [0.25, 0.3) is 0 Å². The van der Waals surface area contributed by atoms with E-state index in [1.807, 2.05) is 24.3 Å². The van der Waals surface area contributed by atoms with E-state index < -0.39 is 0 Å². The Morgan fingerprint density at radius 2 is 1.72 bits per heavy atom. The maximum Gasteiger partial charge on any atom is 0.226 e. The highest BCUT2D eigenvalue weighted by Gasteiger charge is 2.11. The molecule has 0 saturated carbocycles. The van der Waals surface area contributed by atoms with Gasteiger partial charge in [-0.3, -0.25) is 0 Å². The summed E-state index contributed by atoms with van der Waals surface area (Å²) in [6.07, 6.45) is 0. The number of benzene rings is 2. The molecule has 92 valence electrons. The van der Waals surface area contributed by atoms with Gasteiger partial charge in [-0.05, 0) is 30.3 Å². The SMILES string of the molecule is Fc1ccc(C[n+]2csc3ccccc32)cc1.[Br-]. The molecule has 4 heteroatoms. The van der Waals surface area contributed by atoms with Crippen molar-refractivity contribution < 1.29 is 25.9 Å². The van der Waals surface area contributed by atoms with Gasteiger partial charge in [0, 0.05) is 11.6 Å². The summed E-state index contributed by atoms with van der Waals surface area (Å²) in [6.45, 7) is 0.782. The molecule has 0 aliphatic carbocycles. The normalized spacial score (nSPS) is 10.3. The second kappa shape index (κ2) is 5.59. The molecule has 3 aromatic rings. The van der Waals surface area contributed by atoms with Crippen molar-refractivity contribution in [3.8, 4) is 0 Å². The fraction of sp³-hybridized carbons (Fsp3) is 0.0714. The van der Waals surface area contributed by atoms with E-state index in [9.17, 15) is 4.39 Å². The van der Waals surface area contributed by atoms with Crippen LogP contribution in [0.4, 0.5) is 4.39 Å². The lowest BCUT2D eigenvalue weighted by molar-refractivity contribution is -0.658. The largest absolute Gasteiger partial charge is 1.00 e. The molecule has 0 saturated heterocycles. The Bertz CT molecular complexity index is 648. The van der Waals surface area contributed by atoms with Crippen LogP contribution in [0.25, 0.3) is 10.2 Å². The molecule has 0 bridgehead atoms. The van der Waals surface area contributed by atoms with E-state index in [2.05, 4.69) is 22.2 Å². The van der Waals surface area contributed by atoms with E-state index in [4.69, 9.17) is 0 Å². The average Bonchev–Trinajstić information content (AvgIpc) is 2.76. The van der Waals surface area contributed by atoms with Crippen molar-refractivity contribution >= 4 is 21.6 Å². The summed E-state index contributed by atoms with van der Waals surface area (Å²) >= 11 is 1.73. The fourth-order valence-electron chi connectivity index (χ4n) is 1.88. The molecule has 3 rings (SSSR count). The summed E-state index contributed by atoms with van der Waals surface area (Å²) in [5, 5.41) is 0. The van der Waals surface area contributed by atoms with Crippen molar-refractivity contribution in [1.82, 2.24) is 0 Å². The molecule has 0 fully saturated rings. The Balaban J connectivity index is 0.00000120. The predicted molar refractivity (Wildman–Crippen MR) is 67.5 cm³/mol. The standard InChI is InChI=1S/C14H11FNS.BrH/c15-12-7-5-11(6-8-12)9-16-10-17-14-4-2-1-3-13(14)16;/h1-8,10H,9H2;1H/q+1;/p-1. The number of hydrogen-bond donors (Lipinski definition) is 0. The van der Waals surface area contributed by atoms with Crippen LogP contribution in [-0.4, -0.2) is 0 Å². The van der Waals surface area contributed by atoms with Crippen LogP contribution in [0.3, 0.4) is 0 Å². The van der Waals surface area contributed by atoms with Crippen LogP contribution in [0.15, 0.2) is 54.0 Å². The van der Waals surface area contributed by atoms with Crippen molar-refractivity contribution in [2.75, 3.05) is 0 Å². The first kappa shape index (κ1) is 13.2. The molecule has 18 heavy (non-hydrogen) atoms. The molecule has 0 aliphatic heterocycles. The molecule has 0 spiro atoms. The number of thiazole rings is 1. The summed E-state index contributed by atoms with van der Waals surface area (Å²) < 4.78 is 16.3. The van der Waals surface area contributed by atoms with Crippen LogP contribution in [0.2, 0.25) is 0 Å². The zero-order valence-electron chi connectivity index (χ0n) is 9.51. The summed E-state index contributed by atoms with van der Waals surface area (Å²) in [4.78, 5) is 0. The van der Waals surface area contributed by atoms with Gasteiger partial charge in [0.1, 0.15) is 10.5 Å². The summed E-state index contributed by atoms with van der Waals surface area (Å²) in [5.74, 6) is -0.186. The Kier molecular flexibility index (Phi) is 4.09. The first-order valence-corrected chi connectivity index (χ1v) is 6.31. The van der Waals surface area contributed by atoms with Crippen LogP contribution in [0.5, 0.6) is 0 Å². The molecule has 0 aliphatic rings. The molecule has 1 nitrogen and oxygen atoms in total.